The average molecular weight is 366 g/mol. The number of nitrogens with one attached hydrogen (secondary N) is 1. The number of amides is 2. The van der Waals surface area contributed by atoms with E-state index in [0.717, 1.165) is 15.8 Å². The fourth-order valence-electron chi connectivity index (χ4n) is 2.68. The molecule has 0 unspecified atom stereocenters. The lowest BCUT2D eigenvalue weighted by atomic mass is 10.2. The number of benzene rings is 1. The summed E-state index contributed by atoms with van der Waals surface area (Å²) in [5.74, 6) is -0.932. The van der Waals surface area contributed by atoms with Gasteiger partial charge in [0, 0.05) is 18.9 Å². The number of hydrogen-bond donors (Lipinski definition) is 3. The molecule has 1 aromatic carbocycles. The number of rotatable bonds is 4. The van der Waals surface area contributed by atoms with Gasteiger partial charge in [0.1, 0.15) is 5.69 Å². The van der Waals surface area contributed by atoms with E-state index in [2.05, 4.69) is 15.3 Å². The van der Waals surface area contributed by atoms with Crippen LogP contribution in [-0.2, 0) is 6.54 Å². The number of fused-ring (bicyclic) bond motifs is 2. The Morgan fingerprint density at radius 3 is 2.88 bits per heavy atom. The maximum absolute atomic E-state index is 12.4. The second kappa shape index (κ2) is 6.12. The highest BCUT2D eigenvalue weighted by molar-refractivity contribution is 7.22. The lowest BCUT2D eigenvalue weighted by molar-refractivity contribution is 0.0945. The zero-order valence-corrected chi connectivity index (χ0v) is 14.3. The van der Waals surface area contributed by atoms with Gasteiger partial charge in [-0.2, -0.15) is 0 Å². The molecule has 4 aromatic rings. The van der Waals surface area contributed by atoms with E-state index in [1.165, 1.54) is 11.3 Å². The minimum absolute atomic E-state index is 0.210. The predicted molar refractivity (Wildman–Crippen MR) is 98.9 cm³/mol. The van der Waals surface area contributed by atoms with E-state index < -0.39 is 5.91 Å². The van der Waals surface area contributed by atoms with Crippen molar-refractivity contribution in [2.24, 2.45) is 5.73 Å². The van der Waals surface area contributed by atoms with E-state index in [-0.39, 0.29) is 17.2 Å². The van der Waals surface area contributed by atoms with Gasteiger partial charge in [-0.1, -0.05) is 17.4 Å². The summed E-state index contributed by atoms with van der Waals surface area (Å²) in [6, 6.07) is 8.94. The molecule has 0 aliphatic rings. The van der Waals surface area contributed by atoms with Crippen LogP contribution >= 0.6 is 11.3 Å². The summed E-state index contributed by atoms with van der Waals surface area (Å²) >= 11 is 1.40. The smallest absolute Gasteiger partial charge is 0.271 e. The zero-order valence-electron chi connectivity index (χ0n) is 13.5. The first-order valence-corrected chi connectivity index (χ1v) is 8.53. The number of nitrogens with two attached hydrogens (primary N) is 2. The predicted octanol–water partition coefficient (Wildman–Crippen LogP) is 1.56. The number of carbonyl (C=O) groups is 2. The normalized spacial score (nSPS) is 11.1. The molecule has 0 fully saturated rings. The van der Waals surface area contributed by atoms with Crippen molar-refractivity contribution in [2.75, 3.05) is 5.73 Å². The highest BCUT2D eigenvalue weighted by Crippen LogP contribution is 2.24. The summed E-state index contributed by atoms with van der Waals surface area (Å²) in [4.78, 5) is 32.3. The SMILES string of the molecule is NC(=O)c1cccn2cc(C(=O)NCc3ccc4nc(N)sc4c3)nc12. The minimum atomic E-state index is -0.592. The molecule has 0 saturated carbocycles. The number of nitrogen functional groups attached to an aromatic ring is 1. The van der Waals surface area contributed by atoms with Crippen molar-refractivity contribution in [3.8, 4) is 0 Å². The first-order valence-electron chi connectivity index (χ1n) is 7.72. The number of aromatic nitrogens is 3. The first-order chi connectivity index (χ1) is 12.5. The summed E-state index contributed by atoms with van der Waals surface area (Å²) in [6.45, 7) is 0.336. The van der Waals surface area contributed by atoms with Gasteiger partial charge in [0.25, 0.3) is 11.8 Å². The van der Waals surface area contributed by atoms with Gasteiger partial charge in [0.05, 0.1) is 15.8 Å². The molecule has 8 nitrogen and oxygen atoms in total. The number of imidazole rings is 1. The number of anilines is 1. The van der Waals surface area contributed by atoms with Crippen LogP contribution in [0.1, 0.15) is 26.4 Å². The Hall–Kier alpha value is -3.46. The van der Waals surface area contributed by atoms with Crippen molar-refractivity contribution < 1.29 is 9.59 Å². The van der Waals surface area contributed by atoms with Crippen molar-refractivity contribution in [1.82, 2.24) is 19.7 Å². The molecule has 26 heavy (non-hydrogen) atoms. The summed E-state index contributed by atoms with van der Waals surface area (Å²) in [7, 11) is 0. The van der Waals surface area contributed by atoms with Gasteiger partial charge in [-0.15, -0.1) is 0 Å². The molecular weight excluding hydrogens is 352 g/mol. The third kappa shape index (κ3) is 2.84. The van der Waals surface area contributed by atoms with Crippen LogP contribution in [0.3, 0.4) is 0 Å². The number of nitrogens with zero attached hydrogens (tertiary/aromatic N) is 3. The van der Waals surface area contributed by atoms with Gasteiger partial charge in [0.2, 0.25) is 0 Å². The lowest BCUT2D eigenvalue weighted by Gasteiger charge is -2.03. The van der Waals surface area contributed by atoms with E-state index >= 15 is 0 Å². The summed E-state index contributed by atoms with van der Waals surface area (Å²) in [5.41, 5.74) is 13.6. The van der Waals surface area contributed by atoms with Crippen LogP contribution in [0.25, 0.3) is 15.9 Å². The van der Waals surface area contributed by atoms with Gasteiger partial charge in [-0.25, -0.2) is 9.97 Å². The van der Waals surface area contributed by atoms with Gasteiger partial charge in [0.15, 0.2) is 10.8 Å². The van der Waals surface area contributed by atoms with Gasteiger partial charge in [-0.3, -0.25) is 9.59 Å². The van der Waals surface area contributed by atoms with Crippen LogP contribution in [0.5, 0.6) is 0 Å². The van der Waals surface area contributed by atoms with Gasteiger partial charge < -0.3 is 21.2 Å². The Bertz CT molecular complexity index is 1160. The van der Waals surface area contributed by atoms with Crippen molar-refractivity contribution in [3.05, 3.63) is 59.5 Å². The fraction of sp³-hybridized carbons (Fsp3) is 0.0588. The average Bonchev–Trinajstić information content (AvgIpc) is 3.20. The first kappa shape index (κ1) is 16.0. The quantitative estimate of drug-likeness (QED) is 0.505. The largest absolute Gasteiger partial charge is 0.375 e. The number of pyridine rings is 1. The minimum Gasteiger partial charge on any atom is -0.375 e. The Kier molecular flexibility index (Phi) is 3.77. The van der Waals surface area contributed by atoms with E-state index in [9.17, 15) is 9.59 Å². The maximum Gasteiger partial charge on any atom is 0.271 e. The molecule has 3 heterocycles. The molecular formula is C17H14N6O2S. The molecule has 130 valence electrons. The Balaban J connectivity index is 1.54. The van der Waals surface area contributed by atoms with E-state index in [0.29, 0.717) is 17.3 Å². The third-order valence-corrected chi connectivity index (χ3v) is 4.75. The number of thiazole rings is 1. The molecule has 0 aliphatic heterocycles. The molecule has 0 spiro atoms. The van der Waals surface area contributed by atoms with Gasteiger partial charge in [-0.05, 0) is 29.8 Å². The topological polar surface area (TPSA) is 128 Å². The van der Waals surface area contributed by atoms with Gasteiger partial charge >= 0.3 is 0 Å². The van der Waals surface area contributed by atoms with Crippen molar-refractivity contribution in [3.63, 3.8) is 0 Å². The molecule has 0 saturated heterocycles. The molecule has 0 atom stereocenters. The maximum atomic E-state index is 12.4. The summed E-state index contributed by atoms with van der Waals surface area (Å²) in [5, 5.41) is 3.33. The fourth-order valence-corrected chi connectivity index (χ4v) is 3.48. The number of hydrogen-bond acceptors (Lipinski definition) is 6. The molecule has 0 radical (unpaired) electrons. The van der Waals surface area contributed by atoms with Crippen molar-refractivity contribution in [2.45, 2.75) is 6.54 Å². The summed E-state index contributed by atoms with van der Waals surface area (Å²) in [6.07, 6.45) is 3.26. The highest BCUT2D eigenvalue weighted by Gasteiger charge is 2.15. The van der Waals surface area contributed by atoms with Crippen LogP contribution in [0.4, 0.5) is 5.13 Å². The Labute approximate surface area is 151 Å². The highest BCUT2D eigenvalue weighted by atomic mass is 32.1. The van der Waals surface area contributed by atoms with Crippen LogP contribution in [-0.4, -0.2) is 26.2 Å². The molecule has 0 aliphatic carbocycles. The molecule has 0 bridgehead atoms. The van der Waals surface area contributed by atoms with E-state index in [1.54, 1.807) is 28.9 Å². The van der Waals surface area contributed by atoms with Crippen molar-refractivity contribution in [1.29, 1.82) is 0 Å². The standard InChI is InChI=1S/C17H14N6O2S/c18-14(24)10-2-1-5-23-8-12(21-15(10)23)16(25)20-7-9-3-4-11-13(6-9)26-17(19)22-11/h1-6,8H,7H2,(H2,18,24)(H2,19,22)(H,20,25). The van der Waals surface area contributed by atoms with E-state index in [4.69, 9.17) is 11.5 Å². The molecule has 3 aromatic heterocycles. The second-order valence-corrected chi connectivity index (χ2v) is 6.74. The van der Waals surface area contributed by atoms with Crippen LogP contribution in [0.2, 0.25) is 0 Å². The monoisotopic (exact) mass is 366 g/mol. The van der Waals surface area contributed by atoms with Crippen LogP contribution in [0.15, 0.2) is 42.7 Å². The third-order valence-electron chi connectivity index (χ3n) is 3.90. The second-order valence-electron chi connectivity index (χ2n) is 5.68. The molecule has 5 N–H and O–H groups in total. The molecule has 4 rings (SSSR count). The lowest BCUT2D eigenvalue weighted by Crippen LogP contribution is -2.23. The molecule has 2 amide bonds. The van der Waals surface area contributed by atoms with E-state index in [1.807, 2.05) is 18.2 Å². The number of primary amides is 1. The summed E-state index contributed by atoms with van der Waals surface area (Å²) < 4.78 is 2.56. The van der Waals surface area contributed by atoms with Crippen molar-refractivity contribution >= 4 is 44.1 Å². The Morgan fingerprint density at radius 1 is 1.23 bits per heavy atom. The van der Waals surface area contributed by atoms with Crippen LogP contribution in [0, 0.1) is 0 Å². The molecule has 9 heteroatoms. The number of carbonyl (C=O) groups excluding carboxylic acids is 2. The van der Waals surface area contributed by atoms with Crippen LogP contribution < -0.4 is 16.8 Å². The zero-order chi connectivity index (χ0) is 18.3. The Morgan fingerprint density at radius 2 is 2.08 bits per heavy atom.